The Kier molecular flexibility index (Phi) is 4.44. The van der Waals surface area contributed by atoms with Crippen LogP contribution in [0.25, 0.3) is 0 Å². The zero-order valence-corrected chi connectivity index (χ0v) is 14.6. The normalized spacial score (nSPS) is 16.9. The maximum absolute atomic E-state index is 5.93. The molecule has 0 bridgehead atoms. The van der Waals surface area contributed by atoms with E-state index in [-0.39, 0.29) is 5.60 Å². The van der Waals surface area contributed by atoms with Crippen LogP contribution in [-0.4, -0.2) is 21.7 Å². The Morgan fingerprint density at radius 2 is 2.22 bits per heavy atom. The molecule has 2 aromatic rings. The van der Waals surface area contributed by atoms with Gasteiger partial charge in [-0.2, -0.15) is 0 Å². The van der Waals surface area contributed by atoms with Crippen LogP contribution in [0.3, 0.4) is 0 Å². The summed E-state index contributed by atoms with van der Waals surface area (Å²) in [7, 11) is 0. The minimum absolute atomic E-state index is 0.0639. The van der Waals surface area contributed by atoms with Gasteiger partial charge in [-0.05, 0) is 50.4 Å². The Hall–Kier alpha value is -1.81. The summed E-state index contributed by atoms with van der Waals surface area (Å²) in [5.41, 5.74) is 2.60. The molecule has 1 N–H and O–H groups in total. The third kappa shape index (κ3) is 3.94. The van der Waals surface area contributed by atoms with Crippen molar-refractivity contribution in [2.24, 2.45) is 5.92 Å². The lowest BCUT2D eigenvalue weighted by Crippen LogP contribution is -2.24. The molecule has 124 valence electrons. The first kappa shape index (κ1) is 16.1. The Labute approximate surface area is 138 Å². The van der Waals surface area contributed by atoms with E-state index in [9.17, 15) is 0 Å². The van der Waals surface area contributed by atoms with Crippen molar-refractivity contribution in [1.29, 1.82) is 0 Å². The fraction of sp³-hybridized carbons (Fsp3) is 0.526. The van der Waals surface area contributed by atoms with E-state index >= 15 is 0 Å². The molecule has 2 heterocycles. The highest BCUT2D eigenvalue weighted by Gasteiger charge is 2.29. The molecular weight excluding hydrogens is 286 g/mol. The number of rotatable bonds is 6. The number of benzene rings is 1. The average molecular weight is 313 g/mol. The number of ether oxygens (including phenoxy) is 1. The van der Waals surface area contributed by atoms with Crippen LogP contribution in [0.1, 0.15) is 37.7 Å². The Morgan fingerprint density at radius 3 is 2.96 bits per heavy atom. The van der Waals surface area contributed by atoms with E-state index in [1.165, 1.54) is 11.1 Å². The molecule has 0 saturated carbocycles. The lowest BCUT2D eigenvalue weighted by molar-refractivity contribution is 0.138. The van der Waals surface area contributed by atoms with Gasteiger partial charge in [-0.3, -0.25) is 0 Å². The van der Waals surface area contributed by atoms with E-state index in [1.54, 1.807) is 0 Å². The van der Waals surface area contributed by atoms with Crippen molar-refractivity contribution < 1.29 is 4.74 Å². The van der Waals surface area contributed by atoms with Gasteiger partial charge in [0.2, 0.25) is 0 Å². The SMILES string of the molecule is Cc1nccn1CC(C)CNCc1ccc2c(c1)CC(C)(C)O2. The molecule has 0 radical (unpaired) electrons. The van der Waals surface area contributed by atoms with Crippen LogP contribution in [0.5, 0.6) is 5.75 Å². The van der Waals surface area contributed by atoms with E-state index in [0.717, 1.165) is 37.6 Å². The molecule has 0 spiro atoms. The molecule has 0 saturated heterocycles. The first-order chi connectivity index (χ1) is 10.9. The Bertz CT molecular complexity index is 675. The highest BCUT2D eigenvalue weighted by molar-refractivity contribution is 5.41. The molecule has 0 aliphatic carbocycles. The van der Waals surface area contributed by atoms with E-state index < -0.39 is 0 Å². The molecule has 4 heteroatoms. The topological polar surface area (TPSA) is 39.1 Å². The number of hydrogen-bond acceptors (Lipinski definition) is 3. The third-order valence-corrected chi connectivity index (χ3v) is 4.38. The van der Waals surface area contributed by atoms with Crippen LogP contribution < -0.4 is 10.1 Å². The van der Waals surface area contributed by atoms with Gasteiger partial charge < -0.3 is 14.6 Å². The number of aromatic nitrogens is 2. The molecule has 3 rings (SSSR count). The van der Waals surface area contributed by atoms with Gasteiger partial charge in [0.05, 0.1) is 0 Å². The molecule has 1 aromatic carbocycles. The summed E-state index contributed by atoms with van der Waals surface area (Å²) in [6.45, 7) is 11.5. The number of hydrogen-bond donors (Lipinski definition) is 1. The second-order valence-electron chi connectivity index (χ2n) is 7.34. The summed E-state index contributed by atoms with van der Waals surface area (Å²) in [6, 6.07) is 6.55. The number of nitrogens with zero attached hydrogens (tertiary/aromatic N) is 2. The molecule has 4 nitrogen and oxygen atoms in total. The van der Waals surface area contributed by atoms with Gasteiger partial charge in [0.1, 0.15) is 17.2 Å². The minimum Gasteiger partial charge on any atom is -0.487 e. The summed E-state index contributed by atoms with van der Waals surface area (Å²) in [4.78, 5) is 4.27. The van der Waals surface area contributed by atoms with Gasteiger partial charge in [-0.15, -0.1) is 0 Å². The van der Waals surface area contributed by atoms with E-state index in [2.05, 4.69) is 53.8 Å². The molecule has 1 aliphatic heterocycles. The quantitative estimate of drug-likeness (QED) is 0.889. The van der Waals surface area contributed by atoms with E-state index in [0.29, 0.717) is 5.92 Å². The number of fused-ring (bicyclic) bond motifs is 1. The predicted molar refractivity (Wildman–Crippen MR) is 92.7 cm³/mol. The maximum Gasteiger partial charge on any atom is 0.123 e. The van der Waals surface area contributed by atoms with Gasteiger partial charge in [0.15, 0.2) is 0 Å². The van der Waals surface area contributed by atoms with Crippen LogP contribution in [0.2, 0.25) is 0 Å². The van der Waals surface area contributed by atoms with Crippen LogP contribution in [0.4, 0.5) is 0 Å². The van der Waals surface area contributed by atoms with Gasteiger partial charge >= 0.3 is 0 Å². The molecular formula is C19H27N3O. The zero-order valence-electron chi connectivity index (χ0n) is 14.6. The van der Waals surface area contributed by atoms with Crippen LogP contribution in [-0.2, 0) is 19.5 Å². The fourth-order valence-electron chi connectivity index (χ4n) is 3.23. The monoisotopic (exact) mass is 313 g/mol. The lowest BCUT2D eigenvalue weighted by Gasteiger charge is -2.16. The average Bonchev–Trinajstić information content (AvgIpc) is 3.00. The van der Waals surface area contributed by atoms with Gasteiger partial charge in [-0.25, -0.2) is 4.98 Å². The summed E-state index contributed by atoms with van der Waals surface area (Å²) >= 11 is 0. The molecule has 1 aromatic heterocycles. The molecule has 1 aliphatic rings. The molecule has 0 amide bonds. The Morgan fingerprint density at radius 1 is 1.39 bits per heavy atom. The summed E-state index contributed by atoms with van der Waals surface area (Å²) in [5.74, 6) is 2.69. The standard InChI is InChI=1S/C19H27N3O/c1-14(13-22-8-7-21-15(22)2)11-20-12-16-5-6-18-17(9-16)10-19(3,4)23-18/h5-9,14,20H,10-13H2,1-4H3. The van der Waals surface area contributed by atoms with Crippen molar-refractivity contribution >= 4 is 0 Å². The van der Waals surface area contributed by atoms with Crippen LogP contribution in [0, 0.1) is 12.8 Å². The van der Waals surface area contributed by atoms with Crippen molar-refractivity contribution in [3.05, 3.63) is 47.5 Å². The van der Waals surface area contributed by atoms with Crippen LogP contribution in [0.15, 0.2) is 30.6 Å². The Balaban J connectivity index is 1.49. The molecule has 1 atom stereocenters. The largest absolute Gasteiger partial charge is 0.487 e. The van der Waals surface area contributed by atoms with Gasteiger partial charge in [0.25, 0.3) is 0 Å². The fourth-order valence-corrected chi connectivity index (χ4v) is 3.23. The van der Waals surface area contributed by atoms with Crippen molar-refractivity contribution in [3.8, 4) is 5.75 Å². The molecule has 0 fully saturated rings. The highest BCUT2D eigenvalue weighted by atomic mass is 16.5. The predicted octanol–water partition coefficient (Wildman–Crippen LogP) is 3.33. The first-order valence-corrected chi connectivity index (χ1v) is 8.42. The van der Waals surface area contributed by atoms with Gasteiger partial charge in [0, 0.05) is 31.9 Å². The van der Waals surface area contributed by atoms with Gasteiger partial charge in [-0.1, -0.05) is 19.1 Å². The first-order valence-electron chi connectivity index (χ1n) is 8.42. The summed E-state index contributed by atoms with van der Waals surface area (Å²) in [5, 5.41) is 3.57. The van der Waals surface area contributed by atoms with E-state index in [4.69, 9.17) is 4.74 Å². The molecule has 1 unspecified atom stereocenters. The van der Waals surface area contributed by atoms with E-state index in [1.807, 2.05) is 19.3 Å². The second kappa shape index (κ2) is 6.36. The van der Waals surface area contributed by atoms with Crippen molar-refractivity contribution in [2.75, 3.05) is 6.54 Å². The highest BCUT2D eigenvalue weighted by Crippen LogP contribution is 2.35. The smallest absolute Gasteiger partial charge is 0.123 e. The van der Waals surface area contributed by atoms with Crippen molar-refractivity contribution in [2.45, 2.75) is 52.8 Å². The number of aryl methyl sites for hydroxylation is 1. The summed E-state index contributed by atoms with van der Waals surface area (Å²) < 4.78 is 8.14. The van der Waals surface area contributed by atoms with Crippen LogP contribution >= 0.6 is 0 Å². The zero-order chi connectivity index (χ0) is 16.4. The minimum atomic E-state index is -0.0639. The lowest BCUT2D eigenvalue weighted by atomic mass is 10.0. The molecule has 23 heavy (non-hydrogen) atoms. The summed E-state index contributed by atoms with van der Waals surface area (Å²) in [6.07, 6.45) is 4.91. The second-order valence-corrected chi connectivity index (χ2v) is 7.34. The van der Waals surface area contributed by atoms with Crippen molar-refractivity contribution in [1.82, 2.24) is 14.9 Å². The third-order valence-electron chi connectivity index (χ3n) is 4.38. The maximum atomic E-state index is 5.93. The number of nitrogens with one attached hydrogen (secondary N) is 1. The number of imidazole rings is 1. The van der Waals surface area contributed by atoms with Crippen molar-refractivity contribution in [3.63, 3.8) is 0 Å².